The number of carboxylic acid groups (broad SMARTS) is 1. The number of benzene rings is 1. The number of phenolic OH excluding ortho intramolecular Hbond substituents is 1. The number of fused-ring (bicyclic) bond motifs is 1. The Morgan fingerprint density at radius 3 is 2.54 bits per heavy atom. The number of carbonyl (C=O) groups is 4. The van der Waals surface area contributed by atoms with E-state index in [1.54, 1.807) is 27.8 Å². The van der Waals surface area contributed by atoms with Crippen molar-refractivity contribution >= 4 is 47.4 Å². The Labute approximate surface area is 231 Å². The number of phenols is 1. The number of thioether (sulfide) groups is 2. The van der Waals surface area contributed by atoms with Crippen LogP contribution in [0, 0.1) is 0 Å². The minimum atomic E-state index is -1.25. The van der Waals surface area contributed by atoms with Gasteiger partial charge in [-0.1, -0.05) is 23.9 Å². The third-order valence-corrected chi connectivity index (χ3v) is 8.09. The lowest BCUT2D eigenvalue weighted by Crippen LogP contribution is -2.71. The van der Waals surface area contributed by atoms with E-state index in [1.165, 1.54) is 57.4 Å². The number of alkyl carbamates (subject to hydrolysis) is 1. The zero-order chi connectivity index (χ0) is 28.5. The van der Waals surface area contributed by atoms with E-state index in [-0.39, 0.29) is 17.2 Å². The van der Waals surface area contributed by atoms with Gasteiger partial charge in [0.1, 0.15) is 34.5 Å². The van der Waals surface area contributed by atoms with Gasteiger partial charge in [-0.3, -0.25) is 14.5 Å². The number of nitrogens with one attached hydrogen (secondary N) is 2. The number of hydrogen-bond donors (Lipinski definition) is 4. The molecule has 1 aromatic carbocycles. The molecule has 1 fully saturated rings. The number of nitrogens with zero attached hydrogens (tertiary/aromatic N) is 5. The Bertz CT molecular complexity index is 1320. The van der Waals surface area contributed by atoms with Crippen LogP contribution in [0.5, 0.6) is 5.75 Å². The van der Waals surface area contributed by atoms with Crippen LogP contribution >= 0.6 is 23.5 Å². The molecular formula is C23H27N7O7S2. The number of aromatic nitrogens is 4. The SMILES string of the molecule is Cn1nnnc1SCC1=C(C(=O)O)N2C(=O)C(NC(=O)C(NC(=O)OC(C)(C)C)c3ccc(O)cc3)[C@@H]2SC1. The number of β-lactam (4-membered cyclic amide) rings is 1. The lowest BCUT2D eigenvalue weighted by Gasteiger charge is -2.49. The number of aromatic hydroxyl groups is 1. The van der Waals surface area contributed by atoms with Gasteiger partial charge in [-0.25, -0.2) is 14.3 Å². The first kappa shape index (κ1) is 28.2. The number of rotatable bonds is 8. The Morgan fingerprint density at radius 1 is 1.26 bits per heavy atom. The summed E-state index contributed by atoms with van der Waals surface area (Å²) in [6, 6.07) is 3.40. The van der Waals surface area contributed by atoms with Crippen LogP contribution < -0.4 is 10.6 Å². The highest BCUT2D eigenvalue weighted by Crippen LogP contribution is 2.41. The minimum Gasteiger partial charge on any atom is -0.508 e. The molecule has 39 heavy (non-hydrogen) atoms. The van der Waals surface area contributed by atoms with Crippen molar-refractivity contribution in [3.63, 3.8) is 0 Å². The second kappa shape index (κ2) is 11.1. The first-order chi connectivity index (χ1) is 18.4. The molecule has 0 saturated carbocycles. The van der Waals surface area contributed by atoms with E-state index in [0.717, 1.165) is 0 Å². The predicted octanol–water partition coefficient (Wildman–Crippen LogP) is 1.01. The standard InChI is InChI=1S/C23H27N7O7S2/c1-23(2,3)37-22(36)25-14(11-5-7-13(31)8-6-11)17(32)24-15-18(33)30-16(20(34)35)12(9-38-19(15)30)10-39-21-26-27-28-29(21)4/h5-8,14-15,19,31H,9-10H2,1-4H3,(H,24,32)(H,25,36)(H,34,35)/t14?,15?,19-/m0/s1. The average molecular weight is 578 g/mol. The molecule has 2 unspecified atom stereocenters. The second-order valence-corrected chi connectivity index (χ2v) is 11.7. The third kappa shape index (κ3) is 6.27. The Hall–Kier alpha value is -3.79. The van der Waals surface area contributed by atoms with Crippen molar-refractivity contribution in [2.75, 3.05) is 11.5 Å². The topological polar surface area (TPSA) is 189 Å². The summed E-state index contributed by atoms with van der Waals surface area (Å²) in [5.74, 6) is -1.98. The fourth-order valence-corrected chi connectivity index (χ4v) is 6.25. The van der Waals surface area contributed by atoms with Crippen molar-refractivity contribution in [3.05, 3.63) is 41.1 Å². The quantitative estimate of drug-likeness (QED) is 0.258. The van der Waals surface area contributed by atoms with Gasteiger partial charge in [0, 0.05) is 18.6 Å². The first-order valence-corrected chi connectivity index (χ1v) is 13.7. The molecule has 3 atom stereocenters. The molecule has 4 rings (SSSR count). The van der Waals surface area contributed by atoms with Crippen molar-refractivity contribution in [2.24, 2.45) is 7.05 Å². The van der Waals surface area contributed by atoms with Crippen LogP contribution in [0.25, 0.3) is 0 Å². The van der Waals surface area contributed by atoms with Crippen molar-refractivity contribution < 1.29 is 34.1 Å². The Kier molecular flexibility index (Phi) is 8.06. The molecule has 4 N–H and O–H groups in total. The first-order valence-electron chi connectivity index (χ1n) is 11.7. The zero-order valence-corrected chi connectivity index (χ0v) is 23.1. The van der Waals surface area contributed by atoms with Gasteiger partial charge in [0.25, 0.3) is 5.91 Å². The molecule has 16 heteroatoms. The Balaban J connectivity index is 1.50. The molecule has 0 bridgehead atoms. The fourth-order valence-electron chi connectivity index (χ4n) is 3.92. The lowest BCUT2D eigenvalue weighted by atomic mass is 10.0. The second-order valence-electron chi connectivity index (χ2n) is 9.70. The van der Waals surface area contributed by atoms with Gasteiger partial charge in [0.2, 0.25) is 11.1 Å². The van der Waals surface area contributed by atoms with Gasteiger partial charge in [-0.15, -0.1) is 16.9 Å². The van der Waals surface area contributed by atoms with Crippen LogP contribution in [0.4, 0.5) is 4.79 Å². The molecule has 208 valence electrons. The molecule has 3 heterocycles. The summed E-state index contributed by atoms with van der Waals surface area (Å²) in [6.07, 6.45) is -0.847. The van der Waals surface area contributed by atoms with Gasteiger partial charge >= 0.3 is 12.1 Å². The summed E-state index contributed by atoms with van der Waals surface area (Å²) in [6.45, 7) is 5.03. The summed E-state index contributed by atoms with van der Waals surface area (Å²) in [4.78, 5) is 52.2. The molecule has 2 aliphatic heterocycles. The molecule has 0 spiro atoms. The molecule has 14 nitrogen and oxygen atoms in total. The van der Waals surface area contributed by atoms with Crippen molar-refractivity contribution in [1.82, 2.24) is 35.7 Å². The molecule has 1 aromatic heterocycles. The number of tetrazole rings is 1. The summed E-state index contributed by atoms with van der Waals surface area (Å²) in [7, 11) is 1.66. The van der Waals surface area contributed by atoms with Gasteiger partial charge < -0.3 is 25.6 Å². The zero-order valence-electron chi connectivity index (χ0n) is 21.4. The van der Waals surface area contributed by atoms with Crippen LogP contribution in [-0.4, -0.2) is 87.7 Å². The third-order valence-electron chi connectivity index (χ3n) is 5.65. The number of carbonyl (C=O) groups excluding carboxylic acids is 3. The molecular weight excluding hydrogens is 550 g/mol. The van der Waals surface area contributed by atoms with E-state index in [4.69, 9.17) is 4.74 Å². The van der Waals surface area contributed by atoms with Crippen LogP contribution in [0.2, 0.25) is 0 Å². The molecule has 2 aromatic rings. The maximum Gasteiger partial charge on any atom is 0.408 e. The van der Waals surface area contributed by atoms with E-state index in [0.29, 0.717) is 22.0 Å². The van der Waals surface area contributed by atoms with Gasteiger partial charge in [-0.05, 0) is 54.5 Å². The maximum absolute atomic E-state index is 13.3. The summed E-state index contributed by atoms with van der Waals surface area (Å²) < 4.78 is 6.74. The summed E-state index contributed by atoms with van der Waals surface area (Å²) in [5.41, 5.74) is -0.0654. The molecule has 3 amide bonds. The predicted molar refractivity (Wildman–Crippen MR) is 139 cm³/mol. The van der Waals surface area contributed by atoms with Crippen molar-refractivity contribution in [3.8, 4) is 5.75 Å². The van der Waals surface area contributed by atoms with E-state index < -0.39 is 46.9 Å². The monoisotopic (exact) mass is 577 g/mol. The van der Waals surface area contributed by atoms with Crippen LogP contribution in [-0.2, 0) is 26.2 Å². The maximum atomic E-state index is 13.3. The van der Waals surface area contributed by atoms with Gasteiger partial charge in [0.15, 0.2) is 0 Å². The number of aryl methyl sites for hydroxylation is 1. The highest BCUT2D eigenvalue weighted by atomic mass is 32.2. The van der Waals surface area contributed by atoms with Crippen LogP contribution in [0.15, 0.2) is 40.7 Å². The lowest BCUT2D eigenvalue weighted by molar-refractivity contribution is -0.151. The number of ether oxygens (including phenoxy) is 1. The minimum absolute atomic E-state index is 0.0315. The summed E-state index contributed by atoms with van der Waals surface area (Å²) in [5, 5.41) is 35.7. The van der Waals surface area contributed by atoms with Crippen LogP contribution in [0.1, 0.15) is 32.4 Å². The van der Waals surface area contributed by atoms with E-state index in [1.807, 2.05) is 0 Å². The number of aliphatic carboxylic acids is 1. The number of amides is 3. The highest BCUT2D eigenvalue weighted by Gasteiger charge is 2.54. The van der Waals surface area contributed by atoms with E-state index >= 15 is 0 Å². The smallest absolute Gasteiger partial charge is 0.408 e. The van der Waals surface area contributed by atoms with E-state index in [9.17, 15) is 29.4 Å². The summed E-state index contributed by atoms with van der Waals surface area (Å²) >= 11 is 2.57. The molecule has 0 aliphatic carbocycles. The highest BCUT2D eigenvalue weighted by molar-refractivity contribution is 8.01. The molecule has 1 saturated heterocycles. The fraction of sp³-hybridized carbons (Fsp3) is 0.435. The van der Waals surface area contributed by atoms with Gasteiger partial charge in [-0.2, -0.15) is 0 Å². The van der Waals surface area contributed by atoms with Crippen LogP contribution in [0.3, 0.4) is 0 Å². The molecule has 0 radical (unpaired) electrons. The largest absolute Gasteiger partial charge is 0.508 e. The number of hydrogen-bond acceptors (Lipinski definition) is 11. The van der Waals surface area contributed by atoms with Crippen molar-refractivity contribution in [1.29, 1.82) is 0 Å². The average Bonchev–Trinajstić information content (AvgIpc) is 3.27. The van der Waals surface area contributed by atoms with E-state index in [2.05, 4.69) is 26.2 Å². The normalized spacial score (nSPS) is 19.6. The Morgan fingerprint density at radius 2 is 1.95 bits per heavy atom. The van der Waals surface area contributed by atoms with Crippen molar-refractivity contribution in [2.45, 2.75) is 49.0 Å². The molecule has 2 aliphatic rings. The number of carboxylic acids is 1. The van der Waals surface area contributed by atoms with Gasteiger partial charge in [0.05, 0.1) is 0 Å².